The first-order valence-corrected chi connectivity index (χ1v) is 7.81. The minimum Gasteiger partial charge on any atom is -0.494 e. The monoisotopic (exact) mass is 277 g/mol. The molecule has 1 aliphatic carbocycles. The summed E-state index contributed by atoms with van der Waals surface area (Å²) in [5.41, 5.74) is 1.45. The number of aliphatic hydroxyl groups excluding tert-OH is 1. The number of benzene rings is 1. The molecule has 112 valence electrons. The van der Waals surface area contributed by atoms with Crippen molar-refractivity contribution < 1.29 is 9.84 Å². The summed E-state index contributed by atoms with van der Waals surface area (Å²) in [5.74, 6) is 0.957. The predicted molar refractivity (Wildman–Crippen MR) is 81.9 cm³/mol. The third-order valence-electron chi connectivity index (χ3n) is 4.06. The fraction of sp³-hybridized carbons (Fsp3) is 0.647. The van der Waals surface area contributed by atoms with Gasteiger partial charge in [0, 0.05) is 25.1 Å². The number of rotatable bonds is 10. The molecule has 20 heavy (non-hydrogen) atoms. The zero-order valence-corrected chi connectivity index (χ0v) is 12.5. The van der Waals surface area contributed by atoms with Gasteiger partial charge in [-0.3, -0.25) is 0 Å². The van der Waals surface area contributed by atoms with Crippen molar-refractivity contribution in [3.05, 3.63) is 29.8 Å². The highest BCUT2D eigenvalue weighted by molar-refractivity contribution is 5.27. The fourth-order valence-corrected chi connectivity index (χ4v) is 2.29. The van der Waals surface area contributed by atoms with Gasteiger partial charge < -0.3 is 15.2 Å². The fourth-order valence-electron chi connectivity index (χ4n) is 2.29. The summed E-state index contributed by atoms with van der Waals surface area (Å²) in [6, 6.07) is 8.31. The molecule has 3 nitrogen and oxygen atoms in total. The van der Waals surface area contributed by atoms with Crippen molar-refractivity contribution in [2.75, 3.05) is 19.8 Å². The Kier molecular flexibility index (Phi) is 5.86. The van der Waals surface area contributed by atoms with E-state index in [0.29, 0.717) is 6.61 Å². The lowest BCUT2D eigenvalue weighted by atomic mass is 10.1. The Morgan fingerprint density at radius 3 is 2.55 bits per heavy atom. The van der Waals surface area contributed by atoms with Gasteiger partial charge in [0.2, 0.25) is 0 Å². The van der Waals surface area contributed by atoms with Gasteiger partial charge in [0.15, 0.2) is 0 Å². The zero-order valence-electron chi connectivity index (χ0n) is 12.5. The minimum atomic E-state index is 0.183. The number of hydrogen-bond acceptors (Lipinski definition) is 3. The molecule has 1 saturated carbocycles. The SMILES string of the molecule is CCCCCOc1ccc(CNCC2(CO)CC2)cc1. The van der Waals surface area contributed by atoms with Gasteiger partial charge in [-0.1, -0.05) is 31.9 Å². The predicted octanol–water partition coefficient (Wildman–Crippen LogP) is 3.12. The Balaban J connectivity index is 1.66. The van der Waals surface area contributed by atoms with E-state index in [1.54, 1.807) is 0 Å². The van der Waals surface area contributed by atoms with Crippen LogP contribution in [0.2, 0.25) is 0 Å². The van der Waals surface area contributed by atoms with Gasteiger partial charge >= 0.3 is 0 Å². The van der Waals surface area contributed by atoms with E-state index in [-0.39, 0.29) is 5.41 Å². The van der Waals surface area contributed by atoms with Crippen molar-refractivity contribution in [1.29, 1.82) is 0 Å². The molecule has 3 heteroatoms. The largest absolute Gasteiger partial charge is 0.494 e. The van der Waals surface area contributed by atoms with Crippen molar-refractivity contribution in [2.24, 2.45) is 5.41 Å². The van der Waals surface area contributed by atoms with Crippen LogP contribution < -0.4 is 10.1 Å². The summed E-state index contributed by atoms with van der Waals surface area (Å²) in [7, 11) is 0. The van der Waals surface area contributed by atoms with Crippen LogP contribution in [0.4, 0.5) is 0 Å². The lowest BCUT2D eigenvalue weighted by Gasteiger charge is -2.13. The topological polar surface area (TPSA) is 41.5 Å². The third-order valence-corrected chi connectivity index (χ3v) is 4.06. The van der Waals surface area contributed by atoms with Crippen molar-refractivity contribution in [3.63, 3.8) is 0 Å². The average molecular weight is 277 g/mol. The van der Waals surface area contributed by atoms with Gasteiger partial charge in [-0.2, -0.15) is 0 Å². The summed E-state index contributed by atoms with van der Waals surface area (Å²) in [4.78, 5) is 0. The van der Waals surface area contributed by atoms with E-state index in [9.17, 15) is 5.11 Å². The molecule has 0 radical (unpaired) electrons. The molecule has 1 aliphatic rings. The first-order valence-electron chi connectivity index (χ1n) is 7.81. The van der Waals surface area contributed by atoms with Crippen LogP contribution in [0.3, 0.4) is 0 Å². The lowest BCUT2D eigenvalue weighted by molar-refractivity contribution is 0.207. The van der Waals surface area contributed by atoms with Gasteiger partial charge in [-0.15, -0.1) is 0 Å². The van der Waals surface area contributed by atoms with Gasteiger partial charge in [0.25, 0.3) is 0 Å². The Labute approximate surface area is 122 Å². The summed E-state index contributed by atoms with van der Waals surface area (Å²) in [6.45, 7) is 5.09. The molecule has 2 N–H and O–H groups in total. The van der Waals surface area contributed by atoms with Gasteiger partial charge in [-0.05, 0) is 37.0 Å². The number of ether oxygens (including phenoxy) is 1. The maximum absolute atomic E-state index is 9.25. The summed E-state index contributed by atoms with van der Waals surface area (Å²) in [5, 5.41) is 12.7. The molecule has 1 aromatic carbocycles. The van der Waals surface area contributed by atoms with Gasteiger partial charge in [0.1, 0.15) is 5.75 Å². The molecule has 0 aliphatic heterocycles. The lowest BCUT2D eigenvalue weighted by Crippen LogP contribution is -2.26. The Bertz CT molecular complexity index is 384. The molecule has 0 spiro atoms. The van der Waals surface area contributed by atoms with E-state index in [0.717, 1.165) is 44.7 Å². The van der Waals surface area contributed by atoms with Crippen LogP contribution in [-0.4, -0.2) is 24.9 Å². The normalized spacial score (nSPS) is 16.1. The van der Waals surface area contributed by atoms with E-state index in [2.05, 4.69) is 24.4 Å². The molecule has 0 aromatic heterocycles. The van der Waals surface area contributed by atoms with Gasteiger partial charge in [0.05, 0.1) is 6.61 Å². The van der Waals surface area contributed by atoms with E-state index < -0.39 is 0 Å². The first-order chi connectivity index (χ1) is 9.78. The van der Waals surface area contributed by atoms with Crippen LogP contribution in [0, 0.1) is 5.41 Å². The minimum absolute atomic E-state index is 0.183. The second-order valence-electron chi connectivity index (χ2n) is 5.96. The van der Waals surface area contributed by atoms with Gasteiger partial charge in [-0.25, -0.2) is 0 Å². The van der Waals surface area contributed by atoms with Crippen molar-refractivity contribution >= 4 is 0 Å². The number of nitrogens with one attached hydrogen (secondary N) is 1. The number of unbranched alkanes of at least 4 members (excludes halogenated alkanes) is 2. The highest BCUT2D eigenvalue weighted by Gasteiger charge is 2.41. The van der Waals surface area contributed by atoms with Crippen LogP contribution in [0.5, 0.6) is 5.75 Å². The smallest absolute Gasteiger partial charge is 0.119 e. The Morgan fingerprint density at radius 2 is 1.95 bits per heavy atom. The first kappa shape index (κ1) is 15.3. The second-order valence-corrected chi connectivity index (χ2v) is 5.96. The maximum atomic E-state index is 9.25. The highest BCUT2D eigenvalue weighted by Crippen LogP contribution is 2.44. The third kappa shape index (κ3) is 4.80. The van der Waals surface area contributed by atoms with E-state index in [4.69, 9.17) is 4.74 Å². The van der Waals surface area contributed by atoms with E-state index >= 15 is 0 Å². The van der Waals surface area contributed by atoms with Crippen LogP contribution >= 0.6 is 0 Å². The van der Waals surface area contributed by atoms with Crippen molar-refractivity contribution in [1.82, 2.24) is 5.32 Å². The zero-order chi connectivity index (χ0) is 14.3. The maximum Gasteiger partial charge on any atom is 0.119 e. The van der Waals surface area contributed by atoms with Crippen LogP contribution in [-0.2, 0) is 6.54 Å². The standard InChI is InChI=1S/C17H27NO2/c1-2-3-4-11-20-16-7-5-15(6-8-16)12-18-13-17(14-19)9-10-17/h5-8,18-19H,2-4,9-14H2,1H3. The molecular formula is C17H27NO2. The van der Waals surface area contributed by atoms with Crippen LogP contribution in [0.15, 0.2) is 24.3 Å². The average Bonchev–Trinajstić information content (AvgIpc) is 3.26. The summed E-state index contributed by atoms with van der Waals surface area (Å²) < 4.78 is 5.70. The molecule has 0 amide bonds. The molecule has 2 rings (SSSR count). The van der Waals surface area contributed by atoms with Crippen LogP contribution in [0.25, 0.3) is 0 Å². The highest BCUT2D eigenvalue weighted by atomic mass is 16.5. The molecule has 0 atom stereocenters. The number of hydrogen-bond donors (Lipinski definition) is 2. The van der Waals surface area contributed by atoms with Crippen molar-refractivity contribution in [3.8, 4) is 5.75 Å². The molecule has 0 heterocycles. The second kappa shape index (κ2) is 7.65. The molecule has 0 saturated heterocycles. The molecular weight excluding hydrogens is 250 g/mol. The van der Waals surface area contributed by atoms with Crippen molar-refractivity contribution in [2.45, 2.75) is 45.6 Å². The summed E-state index contributed by atoms with van der Waals surface area (Å²) in [6.07, 6.45) is 5.89. The van der Waals surface area contributed by atoms with E-state index in [1.165, 1.54) is 18.4 Å². The quantitative estimate of drug-likeness (QED) is 0.646. The Morgan fingerprint density at radius 1 is 1.20 bits per heavy atom. The molecule has 1 aromatic rings. The molecule has 1 fully saturated rings. The molecule has 0 unspecified atom stereocenters. The Hall–Kier alpha value is -1.06. The van der Waals surface area contributed by atoms with Crippen LogP contribution in [0.1, 0.15) is 44.6 Å². The molecule has 0 bridgehead atoms. The summed E-state index contributed by atoms with van der Waals surface area (Å²) >= 11 is 0. The number of aliphatic hydroxyl groups is 1. The van der Waals surface area contributed by atoms with E-state index in [1.807, 2.05) is 12.1 Å².